The van der Waals surface area contributed by atoms with Crippen molar-refractivity contribution < 1.29 is 14.3 Å². The minimum Gasteiger partial charge on any atom is -0.451 e. The van der Waals surface area contributed by atoms with Gasteiger partial charge in [0.2, 0.25) is 0 Å². The van der Waals surface area contributed by atoms with Gasteiger partial charge in [0.15, 0.2) is 11.9 Å². The number of ether oxygens (including phenoxy) is 1. The normalized spacial score (nSPS) is 20.1. The average Bonchev–Trinajstić information content (AvgIpc) is 2.32. The molecule has 0 unspecified atom stereocenters. The zero-order chi connectivity index (χ0) is 12.3. The zero-order valence-electron chi connectivity index (χ0n) is 9.19. The Balaban J connectivity index is 2.06. The van der Waals surface area contributed by atoms with Gasteiger partial charge in [0.25, 0.3) is 0 Å². The third-order valence-corrected chi connectivity index (χ3v) is 3.03. The van der Waals surface area contributed by atoms with Gasteiger partial charge in [-0.2, -0.15) is 0 Å². The molecule has 1 aromatic heterocycles. The van der Waals surface area contributed by atoms with Crippen molar-refractivity contribution in [2.24, 2.45) is 0 Å². The lowest BCUT2D eigenvalue weighted by Gasteiger charge is -2.20. The van der Waals surface area contributed by atoms with E-state index in [-0.39, 0.29) is 16.5 Å². The molecule has 0 aromatic carbocycles. The van der Waals surface area contributed by atoms with Gasteiger partial charge in [-0.3, -0.25) is 4.79 Å². The number of halogens is 1. The lowest BCUT2D eigenvalue weighted by atomic mass is 9.96. The standard InChI is InChI=1S/C12H12ClNO3/c13-11-8(4-3-7-14-11)12(16)17-10-6-2-1-5-9(10)15/h3-4,7,10H,1-2,5-6H2/t10-/m0/s1. The van der Waals surface area contributed by atoms with E-state index in [1.54, 1.807) is 6.07 Å². The van der Waals surface area contributed by atoms with Gasteiger partial charge in [-0.15, -0.1) is 0 Å². The number of carbonyl (C=O) groups excluding carboxylic acids is 2. The number of carbonyl (C=O) groups is 2. The molecular formula is C12H12ClNO3. The van der Waals surface area contributed by atoms with E-state index in [1.807, 2.05) is 0 Å². The molecular weight excluding hydrogens is 242 g/mol. The Morgan fingerprint density at radius 1 is 1.47 bits per heavy atom. The monoisotopic (exact) mass is 253 g/mol. The summed E-state index contributed by atoms with van der Waals surface area (Å²) in [4.78, 5) is 27.1. The van der Waals surface area contributed by atoms with E-state index in [0.717, 1.165) is 12.8 Å². The number of Topliss-reactive ketones (excluding diaryl/α,β-unsaturated/α-hetero) is 1. The van der Waals surface area contributed by atoms with E-state index in [2.05, 4.69) is 4.98 Å². The van der Waals surface area contributed by atoms with Crippen LogP contribution in [-0.4, -0.2) is 22.8 Å². The molecule has 1 heterocycles. The summed E-state index contributed by atoms with van der Waals surface area (Å²) in [5, 5.41) is 0.0979. The van der Waals surface area contributed by atoms with Gasteiger partial charge < -0.3 is 4.74 Å². The number of nitrogens with zero attached hydrogens (tertiary/aromatic N) is 1. The quantitative estimate of drug-likeness (QED) is 0.600. The summed E-state index contributed by atoms with van der Waals surface area (Å²) in [6.45, 7) is 0. The molecule has 1 aliphatic carbocycles. The molecule has 0 bridgehead atoms. The first kappa shape index (κ1) is 12.0. The molecule has 0 saturated heterocycles. The smallest absolute Gasteiger partial charge is 0.341 e. The fourth-order valence-corrected chi connectivity index (χ4v) is 2.00. The molecule has 0 spiro atoms. The van der Waals surface area contributed by atoms with Gasteiger partial charge in [-0.25, -0.2) is 9.78 Å². The van der Waals surface area contributed by atoms with E-state index >= 15 is 0 Å². The molecule has 1 fully saturated rings. The molecule has 0 amide bonds. The van der Waals surface area contributed by atoms with Crippen molar-refractivity contribution in [3.05, 3.63) is 29.0 Å². The van der Waals surface area contributed by atoms with E-state index in [4.69, 9.17) is 16.3 Å². The number of pyridine rings is 1. The number of aromatic nitrogens is 1. The predicted molar refractivity (Wildman–Crippen MR) is 61.9 cm³/mol. The summed E-state index contributed by atoms with van der Waals surface area (Å²) in [5.74, 6) is -0.590. The maximum Gasteiger partial charge on any atom is 0.341 e. The van der Waals surface area contributed by atoms with Crippen LogP contribution in [0.5, 0.6) is 0 Å². The summed E-state index contributed by atoms with van der Waals surface area (Å²) in [6, 6.07) is 3.14. The molecule has 1 saturated carbocycles. The number of esters is 1. The summed E-state index contributed by atoms with van der Waals surface area (Å²) in [5.41, 5.74) is 0.201. The van der Waals surface area contributed by atoms with E-state index in [0.29, 0.717) is 12.8 Å². The molecule has 0 N–H and O–H groups in total. The Hall–Kier alpha value is -1.42. The van der Waals surface area contributed by atoms with Crippen molar-refractivity contribution in [2.45, 2.75) is 31.8 Å². The highest BCUT2D eigenvalue weighted by molar-refractivity contribution is 6.32. The van der Waals surface area contributed by atoms with Gasteiger partial charge in [-0.1, -0.05) is 11.6 Å². The van der Waals surface area contributed by atoms with Crippen molar-refractivity contribution in [3.63, 3.8) is 0 Å². The van der Waals surface area contributed by atoms with Gasteiger partial charge >= 0.3 is 5.97 Å². The topological polar surface area (TPSA) is 56.3 Å². The van der Waals surface area contributed by atoms with Gasteiger partial charge in [0.05, 0.1) is 5.56 Å². The molecule has 1 aliphatic rings. The first-order valence-corrected chi connectivity index (χ1v) is 5.90. The van der Waals surface area contributed by atoms with Crippen LogP contribution in [0.4, 0.5) is 0 Å². The lowest BCUT2D eigenvalue weighted by Crippen LogP contribution is -2.30. The second-order valence-corrected chi connectivity index (χ2v) is 4.31. The Bertz CT molecular complexity index is 447. The molecule has 0 radical (unpaired) electrons. The lowest BCUT2D eigenvalue weighted by molar-refractivity contribution is -0.129. The van der Waals surface area contributed by atoms with Crippen LogP contribution in [0.2, 0.25) is 5.15 Å². The SMILES string of the molecule is O=C(O[C@H]1CCCCC1=O)c1cccnc1Cl. The van der Waals surface area contributed by atoms with Crippen LogP contribution in [0.3, 0.4) is 0 Å². The number of rotatable bonds is 2. The highest BCUT2D eigenvalue weighted by Gasteiger charge is 2.26. The second-order valence-electron chi connectivity index (χ2n) is 3.95. The minimum absolute atomic E-state index is 0.00962. The third kappa shape index (κ3) is 2.82. The summed E-state index contributed by atoms with van der Waals surface area (Å²) >= 11 is 5.78. The van der Waals surface area contributed by atoms with E-state index < -0.39 is 12.1 Å². The molecule has 5 heteroatoms. The first-order chi connectivity index (χ1) is 8.18. The van der Waals surface area contributed by atoms with Crippen molar-refractivity contribution >= 4 is 23.4 Å². The van der Waals surface area contributed by atoms with Gasteiger partial charge in [0.1, 0.15) is 5.15 Å². The van der Waals surface area contributed by atoms with Crippen LogP contribution in [0.1, 0.15) is 36.0 Å². The van der Waals surface area contributed by atoms with E-state index in [1.165, 1.54) is 12.3 Å². The van der Waals surface area contributed by atoms with E-state index in [9.17, 15) is 9.59 Å². The maximum absolute atomic E-state index is 11.8. The van der Waals surface area contributed by atoms with Crippen molar-refractivity contribution in [2.75, 3.05) is 0 Å². The molecule has 17 heavy (non-hydrogen) atoms. The van der Waals surface area contributed by atoms with Crippen LogP contribution in [-0.2, 0) is 9.53 Å². The fourth-order valence-electron chi connectivity index (χ4n) is 1.81. The summed E-state index contributed by atoms with van der Waals surface area (Å²) < 4.78 is 5.16. The first-order valence-electron chi connectivity index (χ1n) is 5.52. The largest absolute Gasteiger partial charge is 0.451 e. The summed E-state index contributed by atoms with van der Waals surface area (Å²) in [7, 11) is 0. The fraction of sp³-hybridized carbons (Fsp3) is 0.417. The molecule has 0 aliphatic heterocycles. The van der Waals surface area contributed by atoms with Crippen LogP contribution in [0.15, 0.2) is 18.3 Å². The Morgan fingerprint density at radius 2 is 2.29 bits per heavy atom. The molecule has 2 rings (SSSR count). The molecule has 1 aromatic rings. The third-order valence-electron chi connectivity index (χ3n) is 2.73. The van der Waals surface area contributed by atoms with Crippen molar-refractivity contribution in [3.8, 4) is 0 Å². The average molecular weight is 254 g/mol. The van der Waals surface area contributed by atoms with Crippen LogP contribution in [0, 0.1) is 0 Å². The molecule has 1 atom stereocenters. The second kappa shape index (κ2) is 5.27. The zero-order valence-corrected chi connectivity index (χ0v) is 9.94. The Labute approximate surface area is 104 Å². The Morgan fingerprint density at radius 3 is 3.00 bits per heavy atom. The minimum atomic E-state index is -0.618. The van der Waals surface area contributed by atoms with Gasteiger partial charge in [0, 0.05) is 12.6 Å². The Kier molecular flexibility index (Phi) is 3.74. The highest BCUT2D eigenvalue weighted by atomic mass is 35.5. The highest BCUT2D eigenvalue weighted by Crippen LogP contribution is 2.20. The van der Waals surface area contributed by atoms with Crippen molar-refractivity contribution in [1.29, 1.82) is 0 Å². The predicted octanol–water partition coefficient (Wildman–Crippen LogP) is 2.40. The maximum atomic E-state index is 11.8. The number of hydrogen-bond donors (Lipinski definition) is 0. The van der Waals surface area contributed by atoms with Crippen molar-refractivity contribution in [1.82, 2.24) is 4.98 Å². The van der Waals surface area contributed by atoms with Crippen LogP contribution < -0.4 is 0 Å². The number of hydrogen-bond acceptors (Lipinski definition) is 4. The molecule has 4 nitrogen and oxygen atoms in total. The van der Waals surface area contributed by atoms with Crippen LogP contribution in [0.25, 0.3) is 0 Å². The van der Waals surface area contributed by atoms with Gasteiger partial charge in [-0.05, 0) is 31.4 Å². The molecule has 90 valence electrons. The van der Waals surface area contributed by atoms with Crippen LogP contribution >= 0.6 is 11.6 Å². The summed E-state index contributed by atoms with van der Waals surface area (Å²) in [6.07, 6.45) is 3.74. The number of ketones is 1.